The summed E-state index contributed by atoms with van der Waals surface area (Å²) in [5, 5.41) is 5.22. The van der Waals surface area contributed by atoms with Gasteiger partial charge in [-0.3, -0.25) is 0 Å². The first-order chi connectivity index (χ1) is 6.34. The Hall–Kier alpha value is -1.65. The molecule has 2 N–H and O–H groups in total. The van der Waals surface area contributed by atoms with E-state index >= 15 is 0 Å². The van der Waals surface area contributed by atoms with Gasteiger partial charge in [-0.2, -0.15) is 10.1 Å². The molecule has 0 aromatic carbocycles. The number of nitrogen functional groups attached to an aromatic ring is 1. The molecule has 2 aromatic rings. The molecule has 1 aliphatic carbocycles. The summed E-state index contributed by atoms with van der Waals surface area (Å²) >= 11 is 0. The number of fused-ring (bicyclic) bond motifs is 1. The van der Waals surface area contributed by atoms with E-state index < -0.39 is 0 Å². The standard InChI is InChI=1S/C8H9N5/c9-8-10-3-5-4-11-13(6-1-2-6)7(5)12-8/h3-4,6H,1-2H2,(H2,9,10,12). The minimum Gasteiger partial charge on any atom is -0.368 e. The van der Waals surface area contributed by atoms with Gasteiger partial charge in [0.05, 0.1) is 17.6 Å². The molecule has 0 saturated heterocycles. The van der Waals surface area contributed by atoms with Gasteiger partial charge in [-0.05, 0) is 12.8 Å². The zero-order chi connectivity index (χ0) is 8.84. The lowest BCUT2D eigenvalue weighted by atomic mass is 10.4. The van der Waals surface area contributed by atoms with Gasteiger partial charge >= 0.3 is 0 Å². The second-order valence-corrected chi connectivity index (χ2v) is 3.33. The third-order valence-electron chi connectivity index (χ3n) is 2.25. The molecule has 66 valence electrons. The fraction of sp³-hybridized carbons (Fsp3) is 0.375. The van der Waals surface area contributed by atoms with Gasteiger partial charge in [-0.15, -0.1) is 0 Å². The summed E-state index contributed by atoms with van der Waals surface area (Å²) in [5.41, 5.74) is 6.37. The highest BCUT2D eigenvalue weighted by atomic mass is 15.3. The largest absolute Gasteiger partial charge is 0.368 e. The number of nitrogens with zero attached hydrogens (tertiary/aromatic N) is 4. The Labute approximate surface area is 74.6 Å². The molecule has 1 aliphatic rings. The quantitative estimate of drug-likeness (QED) is 0.694. The van der Waals surface area contributed by atoms with Crippen molar-refractivity contribution < 1.29 is 0 Å². The van der Waals surface area contributed by atoms with E-state index in [1.807, 2.05) is 4.68 Å². The molecule has 3 rings (SSSR count). The Morgan fingerprint density at radius 3 is 3.00 bits per heavy atom. The Bertz CT molecular complexity index is 457. The van der Waals surface area contributed by atoms with E-state index in [0.717, 1.165) is 11.0 Å². The van der Waals surface area contributed by atoms with Crippen LogP contribution < -0.4 is 5.73 Å². The minimum absolute atomic E-state index is 0.315. The third kappa shape index (κ3) is 0.965. The van der Waals surface area contributed by atoms with Gasteiger partial charge in [-0.1, -0.05) is 0 Å². The number of hydrogen-bond donors (Lipinski definition) is 1. The topological polar surface area (TPSA) is 69.6 Å². The van der Waals surface area contributed by atoms with E-state index in [1.54, 1.807) is 12.4 Å². The summed E-state index contributed by atoms with van der Waals surface area (Å²) in [5.74, 6) is 0.315. The lowest BCUT2D eigenvalue weighted by molar-refractivity contribution is 0.658. The summed E-state index contributed by atoms with van der Waals surface area (Å²) < 4.78 is 1.94. The first-order valence-electron chi connectivity index (χ1n) is 4.30. The predicted octanol–water partition coefficient (Wildman–Crippen LogP) is 0.743. The molecule has 0 amide bonds. The number of aromatic nitrogens is 4. The van der Waals surface area contributed by atoms with Gasteiger partial charge in [-0.25, -0.2) is 9.67 Å². The van der Waals surface area contributed by atoms with Crippen molar-refractivity contribution in [1.82, 2.24) is 19.7 Å². The van der Waals surface area contributed by atoms with Crippen molar-refractivity contribution in [3.05, 3.63) is 12.4 Å². The highest BCUT2D eigenvalue weighted by Gasteiger charge is 2.26. The molecule has 0 atom stereocenters. The molecule has 13 heavy (non-hydrogen) atoms. The fourth-order valence-corrected chi connectivity index (χ4v) is 1.44. The molecule has 0 spiro atoms. The smallest absolute Gasteiger partial charge is 0.222 e. The lowest BCUT2D eigenvalue weighted by Crippen LogP contribution is -2.00. The summed E-state index contributed by atoms with van der Waals surface area (Å²) in [4.78, 5) is 8.08. The van der Waals surface area contributed by atoms with Crippen molar-refractivity contribution in [1.29, 1.82) is 0 Å². The van der Waals surface area contributed by atoms with Crippen molar-refractivity contribution >= 4 is 17.0 Å². The van der Waals surface area contributed by atoms with Gasteiger partial charge in [0, 0.05) is 6.20 Å². The molecule has 1 fully saturated rings. The Balaban J connectivity index is 2.29. The summed E-state index contributed by atoms with van der Waals surface area (Å²) in [7, 11) is 0. The van der Waals surface area contributed by atoms with Crippen molar-refractivity contribution in [2.24, 2.45) is 0 Å². The maximum atomic E-state index is 5.51. The molecule has 2 aromatic heterocycles. The molecule has 0 bridgehead atoms. The monoisotopic (exact) mass is 175 g/mol. The van der Waals surface area contributed by atoms with Crippen LogP contribution in [0.2, 0.25) is 0 Å². The average molecular weight is 175 g/mol. The summed E-state index contributed by atoms with van der Waals surface area (Å²) in [6.07, 6.45) is 5.89. The van der Waals surface area contributed by atoms with Crippen LogP contribution in [0.4, 0.5) is 5.95 Å². The second kappa shape index (κ2) is 2.18. The number of rotatable bonds is 1. The normalized spacial score (nSPS) is 16.6. The Morgan fingerprint density at radius 2 is 2.23 bits per heavy atom. The van der Waals surface area contributed by atoms with Crippen LogP contribution in [0.3, 0.4) is 0 Å². The molecule has 0 radical (unpaired) electrons. The molecule has 5 heteroatoms. The van der Waals surface area contributed by atoms with E-state index in [0.29, 0.717) is 12.0 Å². The highest BCUT2D eigenvalue weighted by Crippen LogP contribution is 2.35. The molecule has 1 saturated carbocycles. The maximum Gasteiger partial charge on any atom is 0.222 e. The van der Waals surface area contributed by atoms with E-state index in [4.69, 9.17) is 5.73 Å². The van der Waals surface area contributed by atoms with Crippen molar-refractivity contribution in [3.63, 3.8) is 0 Å². The lowest BCUT2D eigenvalue weighted by Gasteiger charge is -1.98. The van der Waals surface area contributed by atoms with Crippen LogP contribution in [0.25, 0.3) is 11.0 Å². The number of anilines is 1. The van der Waals surface area contributed by atoms with E-state index in [9.17, 15) is 0 Å². The molecule has 0 aliphatic heterocycles. The third-order valence-corrected chi connectivity index (χ3v) is 2.25. The van der Waals surface area contributed by atoms with Gasteiger partial charge in [0.2, 0.25) is 5.95 Å². The summed E-state index contributed by atoms with van der Waals surface area (Å²) in [6, 6.07) is 0.534. The molecule has 0 unspecified atom stereocenters. The Morgan fingerprint density at radius 1 is 1.38 bits per heavy atom. The first kappa shape index (κ1) is 6.82. The van der Waals surface area contributed by atoms with E-state index in [-0.39, 0.29) is 0 Å². The molecule has 5 nitrogen and oxygen atoms in total. The van der Waals surface area contributed by atoms with Crippen LogP contribution in [0.5, 0.6) is 0 Å². The first-order valence-corrected chi connectivity index (χ1v) is 4.30. The second-order valence-electron chi connectivity index (χ2n) is 3.33. The number of hydrogen-bond acceptors (Lipinski definition) is 4. The highest BCUT2D eigenvalue weighted by molar-refractivity contribution is 5.74. The van der Waals surface area contributed by atoms with Gasteiger partial charge < -0.3 is 5.73 Å². The van der Waals surface area contributed by atoms with E-state index in [2.05, 4.69) is 15.1 Å². The zero-order valence-corrected chi connectivity index (χ0v) is 7.01. The van der Waals surface area contributed by atoms with Crippen LogP contribution in [0.1, 0.15) is 18.9 Å². The van der Waals surface area contributed by atoms with Crippen molar-refractivity contribution in [2.75, 3.05) is 5.73 Å². The van der Waals surface area contributed by atoms with Crippen LogP contribution >= 0.6 is 0 Å². The average Bonchev–Trinajstić information content (AvgIpc) is 2.87. The van der Waals surface area contributed by atoms with Crippen molar-refractivity contribution in [3.8, 4) is 0 Å². The van der Waals surface area contributed by atoms with Crippen LogP contribution in [-0.2, 0) is 0 Å². The van der Waals surface area contributed by atoms with Crippen LogP contribution in [-0.4, -0.2) is 19.7 Å². The maximum absolute atomic E-state index is 5.51. The molecular weight excluding hydrogens is 166 g/mol. The Kier molecular flexibility index (Phi) is 1.15. The molecule has 2 heterocycles. The predicted molar refractivity (Wildman–Crippen MR) is 48.0 cm³/mol. The minimum atomic E-state index is 0.315. The van der Waals surface area contributed by atoms with Crippen molar-refractivity contribution in [2.45, 2.75) is 18.9 Å². The van der Waals surface area contributed by atoms with E-state index in [1.165, 1.54) is 12.8 Å². The molecular formula is C8H9N5. The fourth-order valence-electron chi connectivity index (χ4n) is 1.44. The van der Waals surface area contributed by atoms with Crippen LogP contribution in [0.15, 0.2) is 12.4 Å². The summed E-state index contributed by atoms with van der Waals surface area (Å²) in [6.45, 7) is 0. The van der Waals surface area contributed by atoms with Gasteiger partial charge in [0.15, 0.2) is 5.65 Å². The van der Waals surface area contributed by atoms with Crippen LogP contribution in [0, 0.1) is 0 Å². The van der Waals surface area contributed by atoms with Gasteiger partial charge in [0.25, 0.3) is 0 Å². The van der Waals surface area contributed by atoms with Gasteiger partial charge in [0.1, 0.15) is 0 Å². The SMILES string of the molecule is Nc1ncc2cnn(C3CC3)c2n1. The number of nitrogens with two attached hydrogens (primary N) is 1. The zero-order valence-electron chi connectivity index (χ0n) is 7.01.